The molecule has 1 aromatic carbocycles. The van der Waals surface area contributed by atoms with E-state index < -0.39 is 24.7 Å². The van der Waals surface area contributed by atoms with E-state index in [4.69, 9.17) is 5.73 Å². The molecule has 0 bridgehead atoms. The Morgan fingerprint density at radius 3 is 2.47 bits per heavy atom. The summed E-state index contributed by atoms with van der Waals surface area (Å²) in [6.45, 7) is 0. The van der Waals surface area contributed by atoms with Gasteiger partial charge in [0.15, 0.2) is 0 Å². The van der Waals surface area contributed by atoms with E-state index in [1.54, 1.807) is 6.07 Å². The monoisotopic (exact) mass is 303 g/mol. The first-order valence-electron chi connectivity index (χ1n) is 4.00. The van der Waals surface area contributed by atoms with Gasteiger partial charge in [-0.15, -0.1) is 12.4 Å². The molecule has 0 saturated heterocycles. The zero-order valence-electron chi connectivity index (χ0n) is 7.59. The number of alkyl halides is 2. The number of nitrogens with two attached hydrogens (primary N) is 1. The normalized spacial score (nSPS) is 12.4. The van der Waals surface area contributed by atoms with Gasteiger partial charge in [0, 0.05) is 18.0 Å². The van der Waals surface area contributed by atoms with Crippen LogP contribution in [-0.2, 0) is 0 Å². The van der Waals surface area contributed by atoms with E-state index in [0.717, 1.165) is 0 Å². The fourth-order valence-electron chi connectivity index (χ4n) is 1.13. The average Bonchev–Trinajstić information content (AvgIpc) is 2.08. The van der Waals surface area contributed by atoms with Crippen molar-refractivity contribution in [2.75, 3.05) is 0 Å². The molecular weight excluding hydrogens is 294 g/mol. The quantitative estimate of drug-likeness (QED) is 0.906. The maximum atomic E-state index is 13.3. The van der Waals surface area contributed by atoms with Gasteiger partial charge in [-0.25, -0.2) is 13.2 Å². The maximum absolute atomic E-state index is 13.3. The molecule has 0 radical (unpaired) electrons. The van der Waals surface area contributed by atoms with Gasteiger partial charge in [-0.1, -0.05) is 12.1 Å². The minimum Gasteiger partial charge on any atom is -0.324 e. The first-order valence-corrected chi connectivity index (χ1v) is 4.79. The fourth-order valence-corrected chi connectivity index (χ4v) is 1.51. The lowest BCUT2D eigenvalue weighted by Crippen LogP contribution is -2.15. The van der Waals surface area contributed by atoms with Crippen LogP contribution in [-0.4, -0.2) is 6.43 Å². The van der Waals surface area contributed by atoms with Crippen LogP contribution in [0.1, 0.15) is 18.0 Å². The highest BCUT2D eigenvalue weighted by Crippen LogP contribution is 2.25. The van der Waals surface area contributed by atoms with Gasteiger partial charge < -0.3 is 5.73 Å². The summed E-state index contributed by atoms with van der Waals surface area (Å²) in [5.74, 6) is -0.569. The summed E-state index contributed by atoms with van der Waals surface area (Å²) in [7, 11) is 0. The third-order valence-corrected chi connectivity index (χ3v) is 2.43. The van der Waals surface area contributed by atoms with Gasteiger partial charge in [-0.05, 0) is 22.0 Å². The van der Waals surface area contributed by atoms with Gasteiger partial charge in [0.2, 0.25) is 6.43 Å². The maximum Gasteiger partial charge on any atom is 0.240 e. The van der Waals surface area contributed by atoms with Crippen molar-refractivity contribution in [1.82, 2.24) is 0 Å². The Labute approximate surface area is 100 Å². The smallest absolute Gasteiger partial charge is 0.240 e. The lowest BCUT2D eigenvalue weighted by Gasteiger charge is -2.12. The number of benzene rings is 1. The second-order valence-electron chi connectivity index (χ2n) is 2.88. The highest BCUT2D eigenvalue weighted by atomic mass is 79.9. The molecule has 0 heterocycles. The number of halogens is 5. The Morgan fingerprint density at radius 1 is 1.33 bits per heavy atom. The van der Waals surface area contributed by atoms with Crippen molar-refractivity contribution < 1.29 is 13.2 Å². The van der Waals surface area contributed by atoms with Gasteiger partial charge in [-0.2, -0.15) is 0 Å². The van der Waals surface area contributed by atoms with E-state index in [1.165, 1.54) is 12.1 Å². The van der Waals surface area contributed by atoms with Crippen LogP contribution in [0.3, 0.4) is 0 Å². The van der Waals surface area contributed by atoms with Crippen LogP contribution >= 0.6 is 28.3 Å². The molecule has 0 spiro atoms. The summed E-state index contributed by atoms with van der Waals surface area (Å²) in [6, 6.07) is 3.50. The molecule has 0 aromatic heterocycles. The van der Waals surface area contributed by atoms with Gasteiger partial charge in [0.25, 0.3) is 0 Å². The molecule has 1 aromatic rings. The van der Waals surface area contributed by atoms with E-state index in [9.17, 15) is 13.2 Å². The molecule has 0 saturated carbocycles. The lowest BCUT2D eigenvalue weighted by atomic mass is 10.0. The number of hydrogen-bond donors (Lipinski definition) is 1. The van der Waals surface area contributed by atoms with Crippen molar-refractivity contribution in [3.63, 3.8) is 0 Å². The highest BCUT2D eigenvalue weighted by Gasteiger charge is 2.17. The van der Waals surface area contributed by atoms with Crippen molar-refractivity contribution in [2.24, 2.45) is 5.73 Å². The van der Waals surface area contributed by atoms with Crippen LogP contribution in [0.2, 0.25) is 0 Å². The summed E-state index contributed by atoms with van der Waals surface area (Å²) in [5, 5.41) is 0. The Balaban J connectivity index is 0.00000196. The molecule has 1 nitrogen and oxygen atoms in total. The molecule has 1 rings (SSSR count). The largest absolute Gasteiger partial charge is 0.324 e. The van der Waals surface area contributed by atoms with E-state index in [0.29, 0.717) is 0 Å². The summed E-state index contributed by atoms with van der Waals surface area (Å²) in [4.78, 5) is 0. The van der Waals surface area contributed by atoms with E-state index >= 15 is 0 Å². The summed E-state index contributed by atoms with van der Waals surface area (Å²) >= 11 is 2.96. The second kappa shape index (κ2) is 6.35. The topological polar surface area (TPSA) is 26.0 Å². The van der Waals surface area contributed by atoms with Crippen LogP contribution in [0.4, 0.5) is 13.2 Å². The van der Waals surface area contributed by atoms with E-state index in [1.807, 2.05) is 0 Å². The zero-order valence-corrected chi connectivity index (χ0v) is 9.99. The Kier molecular flexibility index (Phi) is 6.24. The number of hydrogen-bond acceptors (Lipinski definition) is 1. The van der Waals surface area contributed by atoms with Crippen LogP contribution in [0.15, 0.2) is 22.7 Å². The first kappa shape index (κ1) is 14.7. The Morgan fingerprint density at radius 2 is 1.93 bits per heavy atom. The molecule has 0 aliphatic carbocycles. The number of rotatable bonds is 3. The molecule has 2 N–H and O–H groups in total. The lowest BCUT2D eigenvalue weighted by molar-refractivity contribution is 0.128. The van der Waals surface area contributed by atoms with Crippen molar-refractivity contribution in [1.29, 1.82) is 0 Å². The van der Waals surface area contributed by atoms with Crippen LogP contribution in [0.25, 0.3) is 0 Å². The van der Waals surface area contributed by atoms with Crippen molar-refractivity contribution in [2.45, 2.75) is 18.9 Å². The zero-order chi connectivity index (χ0) is 10.7. The van der Waals surface area contributed by atoms with Crippen molar-refractivity contribution in [3.05, 3.63) is 34.1 Å². The molecule has 0 fully saturated rings. The SMILES string of the molecule is Cl.N[C@H](CC(F)F)c1cccc(Br)c1F. The molecular formula is C9H10BrClF3N. The Bertz CT molecular complexity index is 322. The second-order valence-corrected chi connectivity index (χ2v) is 3.73. The Hall–Kier alpha value is -0.260. The van der Waals surface area contributed by atoms with Gasteiger partial charge >= 0.3 is 0 Å². The predicted octanol–water partition coefficient (Wildman–Crippen LogP) is 3.67. The van der Waals surface area contributed by atoms with Crippen LogP contribution in [0, 0.1) is 5.82 Å². The molecule has 1 atom stereocenters. The van der Waals surface area contributed by atoms with E-state index in [-0.39, 0.29) is 22.4 Å². The predicted molar refractivity (Wildman–Crippen MR) is 58.9 cm³/mol. The van der Waals surface area contributed by atoms with Crippen LogP contribution in [0.5, 0.6) is 0 Å². The fraction of sp³-hybridized carbons (Fsp3) is 0.333. The highest BCUT2D eigenvalue weighted by molar-refractivity contribution is 9.10. The minimum absolute atomic E-state index is 0. The van der Waals surface area contributed by atoms with Crippen molar-refractivity contribution in [3.8, 4) is 0 Å². The van der Waals surface area contributed by atoms with Crippen LogP contribution < -0.4 is 5.73 Å². The van der Waals surface area contributed by atoms with Crippen molar-refractivity contribution >= 4 is 28.3 Å². The van der Waals surface area contributed by atoms with Gasteiger partial charge in [-0.3, -0.25) is 0 Å². The summed E-state index contributed by atoms with van der Waals surface area (Å²) < 4.78 is 37.5. The third-order valence-electron chi connectivity index (χ3n) is 1.81. The molecule has 15 heavy (non-hydrogen) atoms. The minimum atomic E-state index is -2.52. The van der Waals surface area contributed by atoms with Gasteiger partial charge in [0.05, 0.1) is 4.47 Å². The molecule has 0 aliphatic heterocycles. The molecule has 86 valence electrons. The van der Waals surface area contributed by atoms with E-state index in [2.05, 4.69) is 15.9 Å². The third kappa shape index (κ3) is 4.01. The standard InChI is InChI=1S/C9H9BrF3N.ClH/c10-6-3-1-2-5(9(6)13)7(14)4-8(11)12;/h1-3,7-8H,4,14H2;1H/t7-;/m1./s1. The summed E-state index contributed by atoms with van der Waals surface area (Å²) in [6.07, 6.45) is -3.06. The molecule has 0 amide bonds. The molecule has 6 heteroatoms. The summed E-state index contributed by atoms with van der Waals surface area (Å²) in [5.41, 5.74) is 5.54. The molecule has 0 unspecified atom stereocenters. The van der Waals surface area contributed by atoms with Gasteiger partial charge in [0.1, 0.15) is 5.82 Å². The first-order chi connectivity index (χ1) is 6.52. The molecule has 0 aliphatic rings. The average molecular weight is 305 g/mol.